The van der Waals surface area contributed by atoms with E-state index >= 15 is 0 Å². The van der Waals surface area contributed by atoms with E-state index in [4.69, 9.17) is 0 Å². The fraction of sp³-hybridized carbons (Fsp3) is 0.250. The van der Waals surface area contributed by atoms with Gasteiger partial charge in [-0.05, 0) is 70.6 Å². The SMILES string of the molecule is CN(CC(=O)Nc1ccc(C2CCN(C(=O)c3cc(Br)c(F)cc3F)CC2)cc1)C(=O)c1ccccc1. The number of rotatable bonds is 6. The van der Waals surface area contributed by atoms with E-state index in [0.717, 1.165) is 5.56 Å². The van der Waals surface area contributed by atoms with Crippen LogP contribution in [-0.2, 0) is 4.79 Å². The summed E-state index contributed by atoms with van der Waals surface area (Å²) in [6.07, 6.45) is 1.40. The van der Waals surface area contributed by atoms with Gasteiger partial charge in [-0.2, -0.15) is 0 Å². The Hall–Kier alpha value is -3.59. The van der Waals surface area contributed by atoms with Crippen LogP contribution >= 0.6 is 15.9 Å². The normalized spacial score (nSPS) is 13.8. The quantitative estimate of drug-likeness (QED) is 0.401. The Labute approximate surface area is 222 Å². The van der Waals surface area contributed by atoms with E-state index in [1.807, 2.05) is 30.3 Å². The number of likely N-dealkylation sites (N-methyl/N-ethyl adjacent to an activating group) is 1. The molecule has 0 spiro atoms. The lowest BCUT2D eigenvalue weighted by Gasteiger charge is -2.32. The number of amides is 3. The van der Waals surface area contributed by atoms with Gasteiger partial charge in [-0.25, -0.2) is 8.78 Å². The number of nitrogens with zero attached hydrogens (tertiary/aromatic N) is 2. The lowest BCUT2D eigenvalue weighted by Crippen LogP contribution is -2.38. The van der Waals surface area contributed by atoms with E-state index in [1.54, 1.807) is 36.2 Å². The van der Waals surface area contributed by atoms with Gasteiger partial charge in [0.1, 0.15) is 11.6 Å². The van der Waals surface area contributed by atoms with Gasteiger partial charge in [-0.3, -0.25) is 14.4 Å². The molecule has 192 valence electrons. The molecule has 4 rings (SSSR count). The van der Waals surface area contributed by atoms with Crippen molar-refractivity contribution in [1.82, 2.24) is 9.80 Å². The Balaban J connectivity index is 1.29. The highest BCUT2D eigenvalue weighted by Gasteiger charge is 2.27. The molecule has 1 fully saturated rings. The second-order valence-corrected chi connectivity index (χ2v) is 9.86. The highest BCUT2D eigenvalue weighted by Crippen LogP contribution is 2.30. The highest BCUT2D eigenvalue weighted by molar-refractivity contribution is 9.10. The molecule has 37 heavy (non-hydrogen) atoms. The van der Waals surface area contributed by atoms with Gasteiger partial charge in [0.05, 0.1) is 16.6 Å². The smallest absolute Gasteiger partial charge is 0.256 e. The van der Waals surface area contributed by atoms with E-state index in [-0.39, 0.29) is 34.3 Å². The highest BCUT2D eigenvalue weighted by atomic mass is 79.9. The summed E-state index contributed by atoms with van der Waals surface area (Å²) in [6.45, 7) is 0.837. The summed E-state index contributed by atoms with van der Waals surface area (Å²) >= 11 is 3.00. The van der Waals surface area contributed by atoms with Gasteiger partial charge in [-0.15, -0.1) is 0 Å². The van der Waals surface area contributed by atoms with Crippen molar-refractivity contribution in [3.8, 4) is 0 Å². The zero-order valence-corrected chi connectivity index (χ0v) is 21.8. The molecule has 1 aliphatic heterocycles. The van der Waals surface area contributed by atoms with E-state index < -0.39 is 17.5 Å². The van der Waals surface area contributed by atoms with Crippen LogP contribution in [0.4, 0.5) is 14.5 Å². The molecule has 0 atom stereocenters. The van der Waals surface area contributed by atoms with Gasteiger partial charge in [-0.1, -0.05) is 30.3 Å². The van der Waals surface area contributed by atoms with Crippen molar-refractivity contribution in [2.24, 2.45) is 0 Å². The lowest BCUT2D eigenvalue weighted by molar-refractivity contribution is -0.116. The molecular formula is C28H26BrF2N3O3. The second kappa shape index (κ2) is 11.6. The predicted octanol–water partition coefficient (Wildman–Crippen LogP) is 5.46. The van der Waals surface area contributed by atoms with Crippen molar-refractivity contribution in [3.05, 3.63) is 99.5 Å². The summed E-state index contributed by atoms with van der Waals surface area (Å²) in [5, 5.41) is 2.81. The van der Waals surface area contributed by atoms with E-state index in [2.05, 4.69) is 21.2 Å². The van der Waals surface area contributed by atoms with Gasteiger partial charge >= 0.3 is 0 Å². The summed E-state index contributed by atoms with van der Waals surface area (Å²) in [4.78, 5) is 40.6. The van der Waals surface area contributed by atoms with Gasteiger partial charge < -0.3 is 15.1 Å². The minimum absolute atomic E-state index is 0.0498. The van der Waals surface area contributed by atoms with E-state index in [9.17, 15) is 23.2 Å². The molecule has 0 aliphatic carbocycles. The van der Waals surface area contributed by atoms with Crippen molar-refractivity contribution in [3.63, 3.8) is 0 Å². The maximum atomic E-state index is 14.1. The average Bonchev–Trinajstić information content (AvgIpc) is 2.91. The number of hydrogen-bond acceptors (Lipinski definition) is 3. The van der Waals surface area contributed by atoms with E-state index in [1.165, 1.54) is 11.0 Å². The Kier molecular flexibility index (Phi) is 8.33. The molecule has 1 aliphatic rings. The van der Waals surface area contributed by atoms with Crippen molar-refractivity contribution in [2.75, 3.05) is 32.0 Å². The van der Waals surface area contributed by atoms with Crippen LogP contribution in [0, 0.1) is 11.6 Å². The number of anilines is 1. The van der Waals surface area contributed by atoms with Gasteiger partial charge in [0.15, 0.2) is 0 Å². The number of piperidine rings is 1. The third-order valence-corrected chi connectivity index (χ3v) is 7.04. The van der Waals surface area contributed by atoms with Crippen LogP contribution in [0.5, 0.6) is 0 Å². The van der Waals surface area contributed by atoms with Crippen LogP contribution in [0.2, 0.25) is 0 Å². The average molecular weight is 570 g/mol. The minimum Gasteiger partial charge on any atom is -0.339 e. The zero-order valence-electron chi connectivity index (χ0n) is 20.2. The van der Waals surface area contributed by atoms with Crippen molar-refractivity contribution >= 4 is 39.3 Å². The van der Waals surface area contributed by atoms with Gasteiger partial charge in [0, 0.05) is 37.5 Å². The van der Waals surface area contributed by atoms with Crippen molar-refractivity contribution < 1.29 is 23.2 Å². The Morgan fingerprint density at radius 3 is 2.27 bits per heavy atom. The zero-order chi connectivity index (χ0) is 26.5. The Morgan fingerprint density at radius 1 is 0.973 bits per heavy atom. The summed E-state index contributed by atoms with van der Waals surface area (Å²) in [5.74, 6) is -2.39. The largest absolute Gasteiger partial charge is 0.339 e. The molecule has 0 unspecified atom stereocenters. The first-order valence-corrected chi connectivity index (χ1v) is 12.7. The molecule has 0 bridgehead atoms. The monoisotopic (exact) mass is 569 g/mol. The number of benzene rings is 3. The number of halogens is 3. The van der Waals surface area contributed by atoms with Crippen LogP contribution in [0.15, 0.2) is 71.2 Å². The Morgan fingerprint density at radius 2 is 1.62 bits per heavy atom. The van der Waals surface area contributed by atoms with Crippen molar-refractivity contribution in [1.29, 1.82) is 0 Å². The summed E-state index contributed by atoms with van der Waals surface area (Å²) in [7, 11) is 1.58. The molecule has 0 saturated carbocycles. The van der Waals surface area contributed by atoms with Crippen LogP contribution in [0.25, 0.3) is 0 Å². The van der Waals surface area contributed by atoms with E-state index in [0.29, 0.717) is 43.2 Å². The molecule has 1 N–H and O–H groups in total. The molecule has 0 radical (unpaired) electrons. The maximum absolute atomic E-state index is 14.1. The van der Waals surface area contributed by atoms with Crippen LogP contribution < -0.4 is 5.32 Å². The van der Waals surface area contributed by atoms with Gasteiger partial charge in [0.2, 0.25) is 5.91 Å². The van der Waals surface area contributed by atoms with Crippen LogP contribution in [-0.4, -0.2) is 54.2 Å². The molecular weight excluding hydrogens is 544 g/mol. The summed E-state index contributed by atoms with van der Waals surface area (Å²) < 4.78 is 27.7. The fourth-order valence-corrected chi connectivity index (χ4v) is 4.74. The number of likely N-dealkylation sites (tertiary alicyclic amines) is 1. The number of carbonyl (C=O) groups is 3. The maximum Gasteiger partial charge on any atom is 0.256 e. The Bertz CT molecular complexity index is 1290. The number of hydrogen-bond donors (Lipinski definition) is 1. The molecule has 1 heterocycles. The van der Waals surface area contributed by atoms with Crippen molar-refractivity contribution in [2.45, 2.75) is 18.8 Å². The third kappa shape index (κ3) is 6.40. The van der Waals surface area contributed by atoms with Gasteiger partial charge in [0.25, 0.3) is 11.8 Å². The summed E-state index contributed by atoms with van der Waals surface area (Å²) in [5.41, 5.74) is 2.07. The fourth-order valence-electron chi connectivity index (χ4n) is 4.40. The topological polar surface area (TPSA) is 69.7 Å². The minimum atomic E-state index is -0.874. The standard InChI is InChI=1S/C28H26BrF2N3O3/c1-33(27(36)20-5-3-2-4-6-20)17-26(35)32-21-9-7-18(8-10-21)19-11-13-34(14-12-19)28(37)22-15-23(29)25(31)16-24(22)30/h2-10,15-16,19H,11-14,17H2,1H3,(H,32,35). The molecule has 0 aromatic heterocycles. The first kappa shape index (κ1) is 26.5. The first-order valence-electron chi connectivity index (χ1n) is 11.9. The molecule has 3 amide bonds. The lowest BCUT2D eigenvalue weighted by atomic mass is 9.89. The van der Waals surface area contributed by atoms with Crippen LogP contribution in [0.3, 0.4) is 0 Å². The summed E-state index contributed by atoms with van der Waals surface area (Å²) in [6, 6.07) is 18.2. The number of carbonyl (C=O) groups excluding carboxylic acids is 3. The molecule has 1 saturated heterocycles. The predicted molar refractivity (Wildman–Crippen MR) is 140 cm³/mol. The molecule has 3 aromatic rings. The third-order valence-electron chi connectivity index (χ3n) is 6.44. The molecule has 3 aromatic carbocycles. The van der Waals surface area contributed by atoms with Crippen LogP contribution in [0.1, 0.15) is 45.0 Å². The molecule has 9 heteroatoms. The first-order chi connectivity index (χ1) is 17.7. The number of nitrogens with one attached hydrogen (secondary N) is 1. The second-order valence-electron chi connectivity index (χ2n) is 9.01. The molecule has 6 nitrogen and oxygen atoms in total.